The molecule has 1 aliphatic rings. The van der Waals surface area contributed by atoms with E-state index in [1.54, 1.807) is 0 Å². The summed E-state index contributed by atoms with van der Waals surface area (Å²) in [6.07, 6.45) is 0. The molecule has 1 aromatic heterocycles. The SMILES string of the molecule is Cc1cc(CN2CCN(CC(=O)N(Cc3ccccc3)Cc3ccccc3)CC2)no1. The number of piperazine rings is 1. The summed E-state index contributed by atoms with van der Waals surface area (Å²) in [5.74, 6) is 1.02. The number of hydrogen-bond acceptors (Lipinski definition) is 5. The van der Waals surface area contributed by atoms with Crippen molar-refractivity contribution >= 4 is 5.91 Å². The number of carbonyl (C=O) groups is 1. The van der Waals surface area contributed by atoms with Gasteiger partial charge in [0.15, 0.2) is 0 Å². The molecule has 2 aromatic carbocycles. The van der Waals surface area contributed by atoms with Gasteiger partial charge in [0.05, 0.1) is 12.2 Å². The van der Waals surface area contributed by atoms with Crippen molar-refractivity contribution in [2.24, 2.45) is 0 Å². The Balaban J connectivity index is 1.33. The van der Waals surface area contributed by atoms with Crippen LogP contribution < -0.4 is 0 Å². The predicted molar refractivity (Wildman–Crippen MR) is 120 cm³/mol. The summed E-state index contributed by atoms with van der Waals surface area (Å²) in [4.78, 5) is 19.8. The van der Waals surface area contributed by atoms with E-state index in [1.165, 1.54) is 0 Å². The van der Waals surface area contributed by atoms with E-state index in [4.69, 9.17) is 4.52 Å². The molecule has 6 heteroatoms. The van der Waals surface area contributed by atoms with Gasteiger partial charge in [0.25, 0.3) is 0 Å². The average molecular weight is 419 g/mol. The Morgan fingerprint density at radius 3 is 1.97 bits per heavy atom. The average Bonchev–Trinajstić information content (AvgIpc) is 3.20. The maximum absolute atomic E-state index is 13.2. The molecule has 0 bridgehead atoms. The molecule has 6 nitrogen and oxygen atoms in total. The zero-order valence-electron chi connectivity index (χ0n) is 18.1. The van der Waals surface area contributed by atoms with Crippen molar-refractivity contribution in [1.82, 2.24) is 19.9 Å². The van der Waals surface area contributed by atoms with Crippen LogP contribution in [0.15, 0.2) is 71.3 Å². The number of carbonyl (C=O) groups excluding carboxylic acids is 1. The van der Waals surface area contributed by atoms with Gasteiger partial charge in [-0.15, -0.1) is 0 Å². The lowest BCUT2D eigenvalue weighted by atomic mass is 10.1. The second kappa shape index (κ2) is 10.4. The molecule has 1 amide bonds. The predicted octanol–water partition coefficient (Wildman–Crippen LogP) is 3.33. The van der Waals surface area contributed by atoms with Crippen LogP contribution in [0.5, 0.6) is 0 Å². The maximum Gasteiger partial charge on any atom is 0.237 e. The summed E-state index contributed by atoms with van der Waals surface area (Å²) in [6, 6.07) is 22.4. The van der Waals surface area contributed by atoms with Crippen LogP contribution in [0, 0.1) is 6.92 Å². The fraction of sp³-hybridized carbons (Fsp3) is 0.360. The molecule has 162 valence electrons. The maximum atomic E-state index is 13.2. The molecule has 1 saturated heterocycles. The Hall–Kier alpha value is -2.96. The molecule has 0 atom stereocenters. The van der Waals surface area contributed by atoms with Crippen molar-refractivity contribution in [3.05, 3.63) is 89.3 Å². The lowest BCUT2D eigenvalue weighted by Gasteiger charge is -2.35. The molecular weight excluding hydrogens is 388 g/mol. The Labute approximate surface area is 184 Å². The quantitative estimate of drug-likeness (QED) is 0.562. The summed E-state index contributed by atoms with van der Waals surface area (Å²) >= 11 is 0. The zero-order chi connectivity index (χ0) is 21.5. The van der Waals surface area contributed by atoms with Crippen LogP contribution in [0.1, 0.15) is 22.6 Å². The fourth-order valence-electron chi connectivity index (χ4n) is 3.96. The van der Waals surface area contributed by atoms with E-state index in [-0.39, 0.29) is 5.91 Å². The number of aromatic nitrogens is 1. The lowest BCUT2D eigenvalue weighted by molar-refractivity contribution is -0.134. The van der Waals surface area contributed by atoms with E-state index in [0.29, 0.717) is 19.6 Å². The molecule has 4 rings (SSSR count). The summed E-state index contributed by atoms with van der Waals surface area (Å²) in [6.45, 7) is 8.04. The summed E-state index contributed by atoms with van der Waals surface area (Å²) in [5.41, 5.74) is 3.28. The third-order valence-corrected chi connectivity index (χ3v) is 5.67. The number of nitrogens with zero attached hydrogens (tertiary/aromatic N) is 4. The van der Waals surface area contributed by atoms with Crippen molar-refractivity contribution in [2.45, 2.75) is 26.6 Å². The first-order chi connectivity index (χ1) is 15.2. The first-order valence-electron chi connectivity index (χ1n) is 10.9. The molecule has 1 fully saturated rings. The van der Waals surface area contributed by atoms with Gasteiger partial charge in [-0.1, -0.05) is 65.8 Å². The largest absolute Gasteiger partial charge is 0.361 e. The Kier molecular flexibility index (Phi) is 7.12. The van der Waals surface area contributed by atoms with Crippen LogP contribution >= 0.6 is 0 Å². The smallest absolute Gasteiger partial charge is 0.237 e. The second-order valence-corrected chi connectivity index (χ2v) is 8.20. The molecule has 31 heavy (non-hydrogen) atoms. The third-order valence-electron chi connectivity index (χ3n) is 5.67. The van der Waals surface area contributed by atoms with Gasteiger partial charge >= 0.3 is 0 Å². The third kappa shape index (κ3) is 6.26. The zero-order valence-corrected chi connectivity index (χ0v) is 18.1. The highest BCUT2D eigenvalue weighted by Crippen LogP contribution is 2.13. The van der Waals surface area contributed by atoms with Gasteiger partial charge in [0, 0.05) is 51.9 Å². The van der Waals surface area contributed by atoms with Crippen molar-refractivity contribution in [2.75, 3.05) is 32.7 Å². The minimum Gasteiger partial charge on any atom is -0.361 e. The highest BCUT2D eigenvalue weighted by molar-refractivity contribution is 5.78. The van der Waals surface area contributed by atoms with Crippen LogP contribution in [-0.4, -0.2) is 58.5 Å². The number of rotatable bonds is 8. The van der Waals surface area contributed by atoms with Crippen molar-refractivity contribution in [3.63, 3.8) is 0 Å². The Morgan fingerprint density at radius 1 is 0.903 bits per heavy atom. The molecule has 2 heterocycles. The summed E-state index contributed by atoms with van der Waals surface area (Å²) in [7, 11) is 0. The van der Waals surface area contributed by atoms with E-state index in [9.17, 15) is 4.79 Å². The molecule has 0 N–H and O–H groups in total. The van der Waals surface area contributed by atoms with Crippen LogP contribution in [0.2, 0.25) is 0 Å². The topological polar surface area (TPSA) is 52.8 Å². The van der Waals surface area contributed by atoms with Gasteiger partial charge in [-0.3, -0.25) is 14.6 Å². The fourth-order valence-corrected chi connectivity index (χ4v) is 3.96. The molecule has 0 aliphatic carbocycles. The van der Waals surface area contributed by atoms with Gasteiger partial charge in [0.1, 0.15) is 5.76 Å². The molecule has 0 unspecified atom stereocenters. The van der Waals surface area contributed by atoms with Crippen molar-refractivity contribution < 1.29 is 9.32 Å². The monoisotopic (exact) mass is 418 g/mol. The first-order valence-corrected chi connectivity index (χ1v) is 10.9. The van der Waals surface area contributed by atoms with Crippen molar-refractivity contribution in [1.29, 1.82) is 0 Å². The molecule has 0 spiro atoms. The number of benzene rings is 2. The van der Waals surface area contributed by atoms with Gasteiger partial charge in [0.2, 0.25) is 5.91 Å². The van der Waals surface area contributed by atoms with E-state index in [1.807, 2.05) is 54.3 Å². The van der Waals surface area contributed by atoms with Crippen molar-refractivity contribution in [3.8, 4) is 0 Å². The summed E-state index contributed by atoms with van der Waals surface area (Å²) in [5, 5.41) is 4.09. The van der Waals surface area contributed by atoms with E-state index >= 15 is 0 Å². The van der Waals surface area contributed by atoms with Gasteiger partial charge in [-0.05, 0) is 18.1 Å². The highest BCUT2D eigenvalue weighted by Gasteiger charge is 2.23. The van der Waals surface area contributed by atoms with E-state index in [2.05, 4.69) is 39.2 Å². The van der Waals surface area contributed by atoms with Crippen LogP contribution in [-0.2, 0) is 24.4 Å². The van der Waals surface area contributed by atoms with Gasteiger partial charge in [-0.25, -0.2) is 0 Å². The van der Waals surface area contributed by atoms with E-state index in [0.717, 1.165) is 55.3 Å². The number of amides is 1. The number of hydrogen-bond donors (Lipinski definition) is 0. The molecule has 3 aromatic rings. The van der Waals surface area contributed by atoms with Crippen LogP contribution in [0.25, 0.3) is 0 Å². The van der Waals surface area contributed by atoms with Crippen LogP contribution in [0.3, 0.4) is 0 Å². The normalized spacial score (nSPS) is 15.1. The van der Waals surface area contributed by atoms with Gasteiger partial charge in [-0.2, -0.15) is 0 Å². The molecule has 1 aliphatic heterocycles. The van der Waals surface area contributed by atoms with Gasteiger partial charge < -0.3 is 9.42 Å². The lowest BCUT2D eigenvalue weighted by Crippen LogP contribution is -2.49. The number of aryl methyl sites for hydroxylation is 1. The molecular formula is C25H30N4O2. The Morgan fingerprint density at radius 2 is 1.45 bits per heavy atom. The second-order valence-electron chi connectivity index (χ2n) is 8.20. The summed E-state index contributed by atoms with van der Waals surface area (Å²) < 4.78 is 5.17. The highest BCUT2D eigenvalue weighted by atomic mass is 16.5. The standard InChI is InChI=1S/C25H30N4O2/c1-21-16-24(26-31-21)19-27-12-14-28(15-13-27)20-25(30)29(17-22-8-4-2-5-9-22)18-23-10-6-3-7-11-23/h2-11,16H,12-15,17-20H2,1H3. The minimum atomic E-state index is 0.174. The van der Waals surface area contributed by atoms with Crippen LogP contribution in [0.4, 0.5) is 0 Å². The first kappa shape index (κ1) is 21.3. The molecule has 0 radical (unpaired) electrons. The van der Waals surface area contributed by atoms with E-state index < -0.39 is 0 Å². The Bertz CT molecular complexity index is 908. The minimum absolute atomic E-state index is 0.174. The molecule has 0 saturated carbocycles.